The molecule has 1 N–H and O–H groups in total. The van der Waals surface area contributed by atoms with Crippen LogP contribution in [0.25, 0.3) is 0 Å². The minimum absolute atomic E-state index is 0.141. The molecule has 0 saturated heterocycles. The highest BCUT2D eigenvalue weighted by Gasteiger charge is 2.15. The van der Waals surface area contributed by atoms with E-state index in [4.69, 9.17) is 0 Å². The van der Waals surface area contributed by atoms with Crippen LogP contribution in [0.3, 0.4) is 0 Å². The Morgan fingerprint density at radius 3 is 2.45 bits per heavy atom. The zero-order valence-corrected chi connectivity index (χ0v) is 12.3. The quantitative estimate of drug-likeness (QED) is 0.922. The molecule has 0 aliphatic carbocycles. The zero-order chi connectivity index (χ0) is 15.9. The van der Waals surface area contributed by atoms with Gasteiger partial charge in [-0.25, -0.2) is 4.39 Å². The normalized spacial score (nSPS) is 10.1. The van der Waals surface area contributed by atoms with Crippen molar-refractivity contribution in [3.63, 3.8) is 0 Å². The standard InChI is InChI=1S/C17H17FN2O2/c1-2-20(15-9-4-3-5-10-15)16(21)12-19-17(22)13-7-6-8-14(18)11-13/h3-11H,2,12H2,1H3,(H,19,22). The fourth-order valence-electron chi connectivity index (χ4n) is 2.09. The van der Waals surface area contributed by atoms with Crippen LogP contribution in [0, 0.1) is 5.82 Å². The molecule has 2 rings (SSSR count). The number of anilines is 1. The highest BCUT2D eigenvalue weighted by Crippen LogP contribution is 2.12. The maximum Gasteiger partial charge on any atom is 0.251 e. The molecule has 22 heavy (non-hydrogen) atoms. The molecule has 2 aromatic carbocycles. The Morgan fingerprint density at radius 1 is 1.09 bits per heavy atom. The van der Waals surface area contributed by atoms with Gasteiger partial charge in [-0.15, -0.1) is 0 Å². The van der Waals surface area contributed by atoms with Crippen LogP contribution in [-0.2, 0) is 4.79 Å². The molecule has 4 nitrogen and oxygen atoms in total. The lowest BCUT2D eigenvalue weighted by Gasteiger charge is -2.21. The van der Waals surface area contributed by atoms with E-state index in [0.717, 1.165) is 11.8 Å². The van der Waals surface area contributed by atoms with Crippen LogP contribution in [0.4, 0.5) is 10.1 Å². The average Bonchev–Trinajstić information content (AvgIpc) is 2.54. The fraction of sp³-hybridized carbons (Fsp3) is 0.176. The van der Waals surface area contributed by atoms with E-state index in [0.29, 0.717) is 6.54 Å². The van der Waals surface area contributed by atoms with Crippen molar-refractivity contribution < 1.29 is 14.0 Å². The number of hydrogen-bond donors (Lipinski definition) is 1. The maximum atomic E-state index is 13.1. The first-order valence-electron chi connectivity index (χ1n) is 7.01. The SMILES string of the molecule is CCN(C(=O)CNC(=O)c1cccc(F)c1)c1ccccc1. The summed E-state index contributed by atoms with van der Waals surface area (Å²) in [7, 11) is 0. The topological polar surface area (TPSA) is 49.4 Å². The van der Waals surface area contributed by atoms with Crippen molar-refractivity contribution in [2.24, 2.45) is 0 Å². The smallest absolute Gasteiger partial charge is 0.251 e. The van der Waals surface area contributed by atoms with Gasteiger partial charge in [0.05, 0.1) is 6.54 Å². The molecular formula is C17H17FN2O2. The number of likely N-dealkylation sites (N-methyl/N-ethyl adjacent to an activating group) is 1. The highest BCUT2D eigenvalue weighted by atomic mass is 19.1. The Kier molecular flexibility index (Phi) is 5.25. The Hall–Kier alpha value is -2.69. The van der Waals surface area contributed by atoms with Gasteiger partial charge in [-0.05, 0) is 37.3 Å². The third kappa shape index (κ3) is 3.91. The third-order valence-electron chi connectivity index (χ3n) is 3.17. The number of carbonyl (C=O) groups is 2. The van der Waals surface area contributed by atoms with Crippen molar-refractivity contribution in [3.8, 4) is 0 Å². The Bertz CT molecular complexity index is 659. The van der Waals surface area contributed by atoms with Crippen molar-refractivity contribution >= 4 is 17.5 Å². The summed E-state index contributed by atoms with van der Waals surface area (Å²) < 4.78 is 13.1. The molecule has 0 aliphatic rings. The van der Waals surface area contributed by atoms with Gasteiger partial charge in [0.15, 0.2) is 0 Å². The Morgan fingerprint density at radius 2 is 1.82 bits per heavy atom. The first-order valence-corrected chi connectivity index (χ1v) is 7.01. The maximum absolute atomic E-state index is 13.1. The molecule has 0 aromatic heterocycles. The Balaban J connectivity index is 1.98. The molecule has 0 aliphatic heterocycles. The van der Waals surface area contributed by atoms with Crippen molar-refractivity contribution in [2.75, 3.05) is 18.0 Å². The lowest BCUT2D eigenvalue weighted by Crippen LogP contribution is -2.40. The predicted molar refractivity (Wildman–Crippen MR) is 83.2 cm³/mol. The fourth-order valence-corrected chi connectivity index (χ4v) is 2.09. The van der Waals surface area contributed by atoms with Crippen molar-refractivity contribution in [3.05, 3.63) is 66.0 Å². The van der Waals surface area contributed by atoms with Crippen LogP contribution in [0.5, 0.6) is 0 Å². The number of nitrogens with one attached hydrogen (secondary N) is 1. The van der Waals surface area contributed by atoms with Gasteiger partial charge in [-0.2, -0.15) is 0 Å². The van der Waals surface area contributed by atoms with Crippen molar-refractivity contribution in [2.45, 2.75) is 6.92 Å². The Labute approximate surface area is 128 Å². The summed E-state index contributed by atoms with van der Waals surface area (Å²) in [6, 6.07) is 14.6. The predicted octanol–water partition coefficient (Wildman–Crippen LogP) is 2.61. The number of amides is 2. The van der Waals surface area contributed by atoms with E-state index in [9.17, 15) is 14.0 Å². The molecule has 0 spiro atoms. The lowest BCUT2D eigenvalue weighted by atomic mass is 10.2. The van der Waals surface area contributed by atoms with E-state index in [1.54, 1.807) is 4.90 Å². The van der Waals surface area contributed by atoms with Crippen LogP contribution in [0.15, 0.2) is 54.6 Å². The molecule has 0 unspecified atom stereocenters. The molecule has 0 saturated carbocycles. The second-order valence-electron chi connectivity index (χ2n) is 4.67. The summed E-state index contributed by atoms with van der Waals surface area (Å²) in [5, 5.41) is 2.51. The van der Waals surface area contributed by atoms with E-state index in [-0.39, 0.29) is 18.0 Å². The number of benzene rings is 2. The third-order valence-corrected chi connectivity index (χ3v) is 3.17. The first kappa shape index (κ1) is 15.7. The van der Waals surface area contributed by atoms with Gasteiger partial charge in [0.2, 0.25) is 5.91 Å². The highest BCUT2D eigenvalue weighted by molar-refractivity contribution is 6.00. The molecule has 0 fully saturated rings. The monoisotopic (exact) mass is 300 g/mol. The molecule has 114 valence electrons. The van der Waals surface area contributed by atoms with Crippen molar-refractivity contribution in [1.29, 1.82) is 0 Å². The second-order valence-corrected chi connectivity index (χ2v) is 4.67. The summed E-state index contributed by atoms with van der Waals surface area (Å²) in [4.78, 5) is 25.7. The van der Waals surface area contributed by atoms with Crippen LogP contribution < -0.4 is 10.2 Å². The molecule has 2 amide bonds. The number of para-hydroxylation sites is 1. The van der Waals surface area contributed by atoms with E-state index in [1.807, 2.05) is 37.3 Å². The van der Waals surface area contributed by atoms with Crippen LogP contribution in [0.1, 0.15) is 17.3 Å². The van der Waals surface area contributed by atoms with Crippen LogP contribution in [-0.4, -0.2) is 24.9 Å². The molecule has 0 bridgehead atoms. The van der Waals surface area contributed by atoms with E-state index < -0.39 is 11.7 Å². The van der Waals surface area contributed by atoms with Crippen molar-refractivity contribution in [1.82, 2.24) is 5.32 Å². The number of carbonyl (C=O) groups excluding carboxylic acids is 2. The minimum atomic E-state index is -0.488. The largest absolute Gasteiger partial charge is 0.343 e. The summed E-state index contributed by atoms with van der Waals surface area (Å²) in [5.41, 5.74) is 0.963. The van der Waals surface area contributed by atoms with Gasteiger partial charge in [0, 0.05) is 17.8 Å². The summed E-state index contributed by atoms with van der Waals surface area (Å²) >= 11 is 0. The van der Waals surface area contributed by atoms with Gasteiger partial charge >= 0.3 is 0 Å². The number of nitrogens with zero attached hydrogens (tertiary/aromatic N) is 1. The molecular weight excluding hydrogens is 283 g/mol. The molecule has 5 heteroatoms. The first-order chi connectivity index (χ1) is 10.6. The molecule has 0 heterocycles. The second kappa shape index (κ2) is 7.36. The number of rotatable bonds is 5. The van der Waals surface area contributed by atoms with Crippen LogP contribution >= 0.6 is 0 Å². The summed E-state index contributed by atoms with van der Waals surface area (Å²) in [6.45, 7) is 2.22. The number of hydrogen-bond acceptors (Lipinski definition) is 2. The van der Waals surface area contributed by atoms with Gasteiger partial charge in [-0.1, -0.05) is 24.3 Å². The van der Waals surface area contributed by atoms with Gasteiger partial charge < -0.3 is 10.2 Å². The zero-order valence-electron chi connectivity index (χ0n) is 12.3. The summed E-state index contributed by atoms with van der Waals surface area (Å²) in [6.07, 6.45) is 0. The summed E-state index contributed by atoms with van der Waals surface area (Å²) in [5.74, 6) is -1.19. The molecule has 2 aromatic rings. The van der Waals surface area contributed by atoms with E-state index >= 15 is 0 Å². The van der Waals surface area contributed by atoms with Gasteiger partial charge in [-0.3, -0.25) is 9.59 Å². The lowest BCUT2D eigenvalue weighted by molar-refractivity contribution is -0.117. The average molecular weight is 300 g/mol. The molecule has 0 atom stereocenters. The van der Waals surface area contributed by atoms with Gasteiger partial charge in [0.25, 0.3) is 5.91 Å². The van der Waals surface area contributed by atoms with E-state index in [1.165, 1.54) is 18.2 Å². The minimum Gasteiger partial charge on any atom is -0.343 e. The van der Waals surface area contributed by atoms with Gasteiger partial charge in [0.1, 0.15) is 5.82 Å². The number of halogens is 1. The van der Waals surface area contributed by atoms with Crippen LogP contribution in [0.2, 0.25) is 0 Å². The van der Waals surface area contributed by atoms with E-state index in [2.05, 4.69) is 5.32 Å². The molecule has 0 radical (unpaired) electrons.